The Morgan fingerprint density at radius 2 is 1.64 bits per heavy atom. The molecule has 9 heteroatoms. The van der Waals surface area contributed by atoms with Crippen LogP contribution < -0.4 is 4.74 Å². The van der Waals surface area contributed by atoms with E-state index in [9.17, 15) is 27.9 Å². The molecule has 2 aromatic carbocycles. The summed E-state index contributed by atoms with van der Waals surface area (Å²) in [6, 6.07) is 8.98. The van der Waals surface area contributed by atoms with Crippen LogP contribution in [0.5, 0.6) is 11.5 Å². The fraction of sp³-hybridized carbons (Fsp3) is 0.481. The first-order chi connectivity index (χ1) is 17.1. The van der Waals surface area contributed by atoms with Crippen molar-refractivity contribution in [2.45, 2.75) is 61.6 Å². The number of phenolic OH excluding ortho intramolecular Hbond substituents is 1. The molecule has 188 valence electrons. The van der Waals surface area contributed by atoms with Gasteiger partial charge in [0, 0.05) is 11.1 Å². The highest BCUT2D eigenvalue weighted by Gasteiger charge is 2.60. The lowest BCUT2D eigenvalue weighted by Gasteiger charge is -2.57. The highest BCUT2D eigenvalue weighted by atomic mass is 32.2. The number of imide groups is 1. The maximum Gasteiger partial charge on any atom is 0.573 e. The number of ether oxygens (including phenoxy) is 1. The summed E-state index contributed by atoms with van der Waals surface area (Å²) in [5.74, 6) is 1.47. The van der Waals surface area contributed by atoms with Gasteiger partial charge in [0.05, 0.1) is 6.04 Å². The molecule has 0 aromatic heterocycles. The average molecular weight is 516 g/mol. The van der Waals surface area contributed by atoms with Gasteiger partial charge in [-0.05, 0) is 103 Å². The Bertz CT molecular complexity index is 1270. The molecular weight excluding hydrogens is 491 g/mol. The van der Waals surface area contributed by atoms with Gasteiger partial charge in [-0.1, -0.05) is 18.2 Å². The number of rotatable bonds is 4. The quantitative estimate of drug-likeness (QED) is 0.468. The number of amides is 2. The highest BCUT2D eigenvalue weighted by Crippen LogP contribution is 2.62. The Labute approximate surface area is 210 Å². The maximum absolute atomic E-state index is 13.4. The second-order valence-electron chi connectivity index (χ2n) is 11.2. The van der Waals surface area contributed by atoms with Crippen molar-refractivity contribution in [3.05, 3.63) is 47.5 Å². The Morgan fingerprint density at radius 1 is 0.972 bits per heavy atom. The van der Waals surface area contributed by atoms with Crippen LogP contribution >= 0.6 is 11.8 Å². The molecule has 7 fully saturated rings. The number of halogens is 3. The van der Waals surface area contributed by atoms with Crippen molar-refractivity contribution in [3.63, 3.8) is 0 Å². The molecule has 0 spiro atoms. The van der Waals surface area contributed by atoms with Crippen molar-refractivity contribution in [1.82, 2.24) is 4.90 Å². The van der Waals surface area contributed by atoms with Crippen LogP contribution in [0, 0.1) is 17.8 Å². The predicted octanol–water partition coefficient (Wildman–Crippen LogP) is 6.54. The lowest BCUT2D eigenvalue weighted by atomic mass is 9.48. The van der Waals surface area contributed by atoms with E-state index in [1.807, 2.05) is 6.07 Å². The van der Waals surface area contributed by atoms with Gasteiger partial charge in [-0.15, -0.1) is 13.2 Å². The van der Waals surface area contributed by atoms with Crippen molar-refractivity contribution in [2.75, 3.05) is 0 Å². The van der Waals surface area contributed by atoms with Gasteiger partial charge in [-0.25, -0.2) is 0 Å². The zero-order chi connectivity index (χ0) is 25.0. The number of nitrogens with zero attached hydrogens (tertiary/aromatic N) is 1. The summed E-state index contributed by atoms with van der Waals surface area (Å²) in [5, 5.41) is 9.91. The molecule has 2 aromatic rings. The molecule has 2 atom stereocenters. The normalized spacial score (nSPS) is 34.3. The zero-order valence-corrected chi connectivity index (χ0v) is 20.1. The van der Waals surface area contributed by atoms with E-state index in [4.69, 9.17) is 0 Å². The molecule has 9 rings (SSSR count). The first-order valence-corrected chi connectivity index (χ1v) is 13.3. The van der Waals surface area contributed by atoms with Gasteiger partial charge >= 0.3 is 6.36 Å². The van der Waals surface area contributed by atoms with Crippen LogP contribution in [0.25, 0.3) is 11.1 Å². The second-order valence-corrected chi connectivity index (χ2v) is 12.3. The summed E-state index contributed by atoms with van der Waals surface area (Å²) in [7, 11) is 0. The fourth-order valence-electron chi connectivity index (χ4n) is 8.01. The predicted molar refractivity (Wildman–Crippen MR) is 126 cm³/mol. The van der Waals surface area contributed by atoms with E-state index >= 15 is 0 Å². The van der Waals surface area contributed by atoms with Gasteiger partial charge in [0.1, 0.15) is 16.7 Å². The number of carbonyl (C=O) groups excluding carboxylic acids is 2. The van der Waals surface area contributed by atoms with Crippen molar-refractivity contribution in [1.29, 1.82) is 0 Å². The number of hydrogen-bond acceptors (Lipinski definition) is 5. The number of hydrogen-bond donors (Lipinski definition) is 1. The van der Waals surface area contributed by atoms with Crippen LogP contribution in [0.15, 0.2) is 36.4 Å². The Balaban J connectivity index is 1.29. The summed E-state index contributed by atoms with van der Waals surface area (Å²) < 4.78 is 44.7. The van der Waals surface area contributed by atoms with Gasteiger partial charge in [0.25, 0.3) is 5.24 Å². The summed E-state index contributed by atoms with van der Waals surface area (Å²) >= 11 is 0.902. The molecule has 3 heterocycles. The van der Waals surface area contributed by atoms with Crippen molar-refractivity contribution in [3.8, 4) is 22.6 Å². The lowest BCUT2D eigenvalue weighted by Crippen LogP contribution is -2.50. The van der Waals surface area contributed by atoms with E-state index in [-0.39, 0.29) is 33.6 Å². The molecule has 1 N–H and O–H groups in total. The summed E-state index contributed by atoms with van der Waals surface area (Å²) in [5.41, 5.74) is 1.94. The van der Waals surface area contributed by atoms with Gasteiger partial charge < -0.3 is 9.84 Å². The van der Waals surface area contributed by atoms with Crippen LogP contribution in [-0.4, -0.2) is 32.8 Å². The standard InChI is InChI=1S/C27H24F3NO4S/c28-27(29,30)35-21-9-17(22-23-24(33)31(22)25(34)36-23)1-3-18(21)16-2-4-20(32)19(8-16)26-10-13-5-14(11-26)7-15(6-13)12-26/h1-4,8-9,13-15,22-23,32H,5-7,10-12H2. The fourth-order valence-corrected chi connectivity index (χ4v) is 9.17. The number of carbonyl (C=O) groups is 2. The largest absolute Gasteiger partial charge is 0.573 e. The molecule has 4 saturated carbocycles. The van der Waals surface area contributed by atoms with Crippen LogP contribution in [0.4, 0.5) is 18.0 Å². The van der Waals surface area contributed by atoms with Crippen LogP contribution in [0.2, 0.25) is 0 Å². The third-order valence-electron chi connectivity index (χ3n) is 8.96. The van der Waals surface area contributed by atoms with E-state index in [0.29, 0.717) is 28.9 Å². The molecule has 6 bridgehead atoms. The first kappa shape index (κ1) is 22.5. The van der Waals surface area contributed by atoms with E-state index in [2.05, 4.69) is 4.74 Å². The molecule has 5 nitrogen and oxygen atoms in total. The van der Waals surface area contributed by atoms with Gasteiger partial charge in [-0.2, -0.15) is 0 Å². The number of thioether (sulfide) groups is 1. The number of benzene rings is 2. The molecule has 3 aliphatic heterocycles. The van der Waals surface area contributed by atoms with E-state index < -0.39 is 17.7 Å². The molecule has 2 unspecified atom stereocenters. The zero-order valence-electron chi connectivity index (χ0n) is 19.3. The molecule has 2 amide bonds. The van der Waals surface area contributed by atoms with Gasteiger partial charge in [-0.3, -0.25) is 14.5 Å². The van der Waals surface area contributed by atoms with Crippen LogP contribution in [0.3, 0.4) is 0 Å². The molecule has 4 aliphatic carbocycles. The minimum Gasteiger partial charge on any atom is -0.508 e. The molecule has 7 aliphatic rings. The average Bonchev–Trinajstić information content (AvgIpc) is 3.29. The van der Waals surface area contributed by atoms with Gasteiger partial charge in [0.15, 0.2) is 0 Å². The number of phenols is 1. The Hall–Kier alpha value is -2.68. The molecule has 3 saturated heterocycles. The van der Waals surface area contributed by atoms with E-state index in [1.54, 1.807) is 24.3 Å². The lowest BCUT2D eigenvalue weighted by molar-refractivity contribution is -0.274. The molecule has 0 radical (unpaired) electrons. The highest BCUT2D eigenvalue weighted by molar-refractivity contribution is 8.15. The summed E-state index contributed by atoms with van der Waals surface area (Å²) in [4.78, 5) is 25.1. The smallest absolute Gasteiger partial charge is 0.508 e. The summed E-state index contributed by atoms with van der Waals surface area (Å²) in [6.07, 6.45) is 1.86. The molecule has 36 heavy (non-hydrogen) atoms. The monoisotopic (exact) mass is 515 g/mol. The Morgan fingerprint density at radius 3 is 2.19 bits per heavy atom. The first-order valence-electron chi connectivity index (χ1n) is 12.4. The third-order valence-corrected chi connectivity index (χ3v) is 10.1. The Kier molecular flexibility index (Phi) is 4.65. The third kappa shape index (κ3) is 3.31. The minimum absolute atomic E-state index is 0.129. The van der Waals surface area contributed by atoms with Crippen LogP contribution in [0.1, 0.15) is 55.7 Å². The van der Waals surface area contributed by atoms with Crippen molar-refractivity contribution < 1.29 is 32.6 Å². The number of alkyl halides is 3. The number of aromatic hydroxyl groups is 1. The van der Waals surface area contributed by atoms with E-state index in [1.165, 1.54) is 25.3 Å². The number of β-lactam (4-membered cyclic amide) rings is 1. The topological polar surface area (TPSA) is 66.8 Å². The second kappa shape index (κ2) is 7.43. The van der Waals surface area contributed by atoms with Crippen molar-refractivity contribution >= 4 is 22.9 Å². The number of fused-ring (bicyclic) bond motifs is 1. The SMILES string of the molecule is O=C1SC2C(=O)N1C2c1ccc(-c2ccc(O)c(C34CC5CC(CC(C5)C3)C4)c2)c(OC(F)(F)F)c1. The minimum atomic E-state index is -4.91. The molecular formula is C27H24F3NO4S. The van der Waals surface area contributed by atoms with Crippen LogP contribution in [-0.2, 0) is 10.2 Å². The maximum atomic E-state index is 13.4. The van der Waals surface area contributed by atoms with E-state index in [0.717, 1.165) is 41.5 Å². The summed E-state index contributed by atoms with van der Waals surface area (Å²) in [6.45, 7) is 0. The van der Waals surface area contributed by atoms with Crippen molar-refractivity contribution in [2.24, 2.45) is 17.8 Å². The van der Waals surface area contributed by atoms with Gasteiger partial charge in [0.2, 0.25) is 5.91 Å².